The van der Waals surface area contributed by atoms with Crippen molar-refractivity contribution in [1.29, 1.82) is 10.8 Å². The van der Waals surface area contributed by atoms with Gasteiger partial charge in [0, 0.05) is 5.56 Å². The lowest BCUT2D eigenvalue weighted by Gasteiger charge is -2.04. The predicted molar refractivity (Wildman–Crippen MR) is 68.6 cm³/mol. The Kier molecular flexibility index (Phi) is 3.31. The zero-order valence-corrected chi connectivity index (χ0v) is 9.18. The molecule has 0 spiro atoms. The van der Waals surface area contributed by atoms with Gasteiger partial charge in [-0.25, -0.2) is 0 Å². The Balaban J connectivity index is 2.24. The first-order chi connectivity index (χ1) is 8.31. The molecule has 0 atom stereocenters. The standard InChI is InChI=1S/C14H12N2O/c15-10-17-14(16)13-8-6-12(7-9-13)11-4-2-1-3-5-11/h1-10,15-16H. The highest BCUT2D eigenvalue weighted by Crippen LogP contribution is 2.19. The Bertz CT molecular complexity index is 518. The molecule has 0 radical (unpaired) electrons. The van der Waals surface area contributed by atoms with Crippen LogP contribution in [0, 0.1) is 10.8 Å². The number of benzene rings is 2. The van der Waals surface area contributed by atoms with Crippen LogP contribution in [0.2, 0.25) is 0 Å². The number of rotatable bonds is 3. The fourth-order valence-corrected chi connectivity index (χ4v) is 1.57. The summed E-state index contributed by atoms with van der Waals surface area (Å²) in [5.41, 5.74) is 2.89. The summed E-state index contributed by atoms with van der Waals surface area (Å²) in [6.45, 7) is 0. The molecular weight excluding hydrogens is 212 g/mol. The van der Waals surface area contributed by atoms with Gasteiger partial charge < -0.3 is 4.74 Å². The highest BCUT2D eigenvalue weighted by molar-refractivity contribution is 5.95. The van der Waals surface area contributed by atoms with Gasteiger partial charge in [-0.15, -0.1) is 0 Å². The third kappa shape index (κ3) is 2.58. The average Bonchev–Trinajstić information content (AvgIpc) is 2.40. The van der Waals surface area contributed by atoms with Crippen LogP contribution in [-0.4, -0.2) is 12.3 Å². The predicted octanol–water partition coefficient (Wildman–Crippen LogP) is 3.30. The molecule has 2 rings (SSSR count). The highest BCUT2D eigenvalue weighted by Gasteiger charge is 2.02. The van der Waals surface area contributed by atoms with Crippen LogP contribution in [0.15, 0.2) is 54.6 Å². The van der Waals surface area contributed by atoms with Crippen LogP contribution < -0.4 is 0 Å². The van der Waals surface area contributed by atoms with Crippen molar-refractivity contribution in [3.8, 4) is 11.1 Å². The Morgan fingerprint density at radius 1 is 0.882 bits per heavy atom. The van der Waals surface area contributed by atoms with E-state index in [9.17, 15) is 0 Å². The van der Waals surface area contributed by atoms with Gasteiger partial charge in [0.05, 0.1) is 0 Å². The van der Waals surface area contributed by atoms with Crippen molar-refractivity contribution in [2.45, 2.75) is 0 Å². The van der Waals surface area contributed by atoms with Gasteiger partial charge in [-0.2, -0.15) is 0 Å². The zero-order valence-electron chi connectivity index (χ0n) is 9.18. The van der Waals surface area contributed by atoms with E-state index in [0.29, 0.717) is 5.56 Å². The molecule has 0 unspecified atom stereocenters. The van der Waals surface area contributed by atoms with Crippen LogP contribution in [0.1, 0.15) is 5.56 Å². The highest BCUT2D eigenvalue weighted by atomic mass is 16.5. The minimum atomic E-state index is -0.0142. The van der Waals surface area contributed by atoms with E-state index in [4.69, 9.17) is 15.6 Å². The first-order valence-electron chi connectivity index (χ1n) is 5.21. The van der Waals surface area contributed by atoms with Crippen molar-refractivity contribution in [2.75, 3.05) is 0 Å². The Hall–Kier alpha value is -2.42. The second-order valence-electron chi connectivity index (χ2n) is 3.51. The summed E-state index contributed by atoms with van der Waals surface area (Å²) in [4.78, 5) is 0. The summed E-state index contributed by atoms with van der Waals surface area (Å²) in [6, 6.07) is 17.5. The summed E-state index contributed by atoms with van der Waals surface area (Å²) in [6.07, 6.45) is 0.757. The van der Waals surface area contributed by atoms with E-state index in [1.165, 1.54) is 0 Å². The van der Waals surface area contributed by atoms with Crippen LogP contribution >= 0.6 is 0 Å². The van der Waals surface area contributed by atoms with Gasteiger partial charge in [-0.1, -0.05) is 42.5 Å². The normalized spacial score (nSPS) is 9.65. The molecule has 2 aromatic carbocycles. The van der Waals surface area contributed by atoms with E-state index < -0.39 is 0 Å². The molecule has 84 valence electrons. The minimum absolute atomic E-state index is 0.0142. The molecule has 0 aliphatic heterocycles. The Labute approximate surface area is 99.7 Å². The molecule has 17 heavy (non-hydrogen) atoms. The summed E-state index contributed by atoms with van der Waals surface area (Å²) < 4.78 is 4.70. The van der Waals surface area contributed by atoms with E-state index >= 15 is 0 Å². The van der Waals surface area contributed by atoms with Crippen LogP contribution in [0.5, 0.6) is 0 Å². The van der Waals surface area contributed by atoms with Crippen molar-refractivity contribution in [1.82, 2.24) is 0 Å². The lowest BCUT2D eigenvalue weighted by atomic mass is 10.0. The van der Waals surface area contributed by atoms with Gasteiger partial charge in [-0.3, -0.25) is 10.8 Å². The second-order valence-corrected chi connectivity index (χ2v) is 3.51. The van der Waals surface area contributed by atoms with E-state index in [0.717, 1.165) is 17.5 Å². The lowest BCUT2D eigenvalue weighted by Crippen LogP contribution is -2.02. The van der Waals surface area contributed by atoms with Crippen LogP contribution in [0.25, 0.3) is 11.1 Å². The molecule has 0 saturated carbocycles. The molecule has 0 aliphatic carbocycles. The maximum Gasteiger partial charge on any atom is 0.220 e. The Morgan fingerprint density at radius 3 is 2.06 bits per heavy atom. The van der Waals surface area contributed by atoms with Gasteiger partial charge in [0.1, 0.15) is 0 Å². The summed E-state index contributed by atoms with van der Waals surface area (Å²) in [5, 5.41) is 14.3. The summed E-state index contributed by atoms with van der Waals surface area (Å²) >= 11 is 0. The van der Waals surface area contributed by atoms with Gasteiger partial charge in [0.25, 0.3) is 0 Å². The van der Waals surface area contributed by atoms with Gasteiger partial charge in [-0.05, 0) is 23.3 Å². The molecule has 0 heterocycles. The largest absolute Gasteiger partial charge is 0.428 e. The molecule has 0 aliphatic rings. The minimum Gasteiger partial charge on any atom is -0.428 e. The van der Waals surface area contributed by atoms with Crippen LogP contribution in [0.3, 0.4) is 0 Å². The van der Waals surface area contributed by atoms with E-state index in [1.54, 1.807) is 0 Å². The fourth-order valence-electron chi connectivity index (χ4n) is 1.57. The SMILES string of the molecule is N=COC(=N)c1ccc(-c2ccccc2)cc1. The smallest absolute Gasteiger partial charge is 0.220 e. The number of nitrogens with one attached hydrogen (secondary N) is 2. The molecule has 3 heteroatoms. The first-order valence-corrected chi connectivity index (χ1v) is 5.21. The second kappa shape index (κ2) is 5.07. The molecule has 2 aromatic rings. The molecule has 0 amide bonds. The van der Waals surface area contributed by atoms with Crippen molar-refractivity contribution in [2.24, 2.45) is 0 Å². The first kappa shape index (κ1) is 11.1. The quantitative estimate of drug-likeness (QED) is 0.610. The lowest BCUT2D eigenvalue weighted by molar-refractivity contribution is 0.561. The van der Waals surface area contributed by atoms with Gasteiger partial charge in [0.2, 0.25) is 5.90 Å². The molecule has 0 bridgehead atoms. The monoisotopic (exact) mass is 224 g/mol. The summed E-state index contributed by atoms with van der Waals surface area (Å²) in [7, 11) is 0. The average molecular weight is 224 g/mol. The van der Waals surface area contributed by atoms with Crippen molar-refractivity contribution in [3.63, 3.8) is 0 Å². The van der Waals surface area contributed by atoms with Gasteiger partial charge >= 0.3 is 0 Å². The van der Waals surface area contributed by atoms with Crippen LogP contribution in [0.4, 0.5) is 0 Å². The topological polar surface area (TPSA) is 56.9 Å². The van der Waals surface area contributed by atoms with Gasteiger partial charge in [0.15, 0.2) is 6.40 Å². The maximum atomic E-state index is 7.53. The molecular formula is C14H12N2O. The fraction of sp³-hybridized carbons (Fsp3) is 0. The van der Waals surface area contributed by atoms with Crippen molar-refractivity contribution in [3.05, 3.63) is 60.2 Å². The molecule has 0 fully saturated rings. The van der Waals surface area contributed by atoms with E-state index in [1.807, 2.05) is 54.6 Å². The molecule has 3 nitrogen and oxygen atoms in total. The van der Waals surface area contributed by atoms with Crippen LogP contribution in [-0.2, 0) is 4.74 Å². The molecule has 2 N–H and O–H groups in total. The number of ether oxygens (including phenoxy) is 1. The van der Waals surface area contributed by atoms with E-state index in [2.05, 4.69) is 0 Å². The number of hydrogen-bond donors (Lipinski definition) is 2. The van der Waals surface area contributed by atoms with Crippen molar-refractivity contribution >= 4 is 12.3 Å². The van der Waals surface area contributed by atoms with Crippen molar-refractivity contribution < 1.29 is 4.74 Å². The van der Waals surface area contributed by atoms with E-state index in [-0.39, 0.29) is 5.90 Å². The zero-order chi connectivity index (χ0) is 12.1. The third-order valence-corrected chi connectivity index (χ3v) is 2.43. The molecule has 0 aromatic heterocycles. The Morgan fingerprint density at radius 2 is 1.47 bits per heavy atom. The third-order valence-electron chi connectivity index (χ3n) is 2.43. The number of hydrogen-bond acceptors (Lipinski definition) is 3. The molecule has 0 saturated heterocycles. The summed E-state index contributed by atoms with van der Waals surface area (Å²) in [5.74, 6) is -0.0142. The maximum absolute atomic E-state index is 7.53.